The first-order chi connectivity index (χ1) is 11.3. The van der Waals surface area contributed by atoms with E-state index in [-0.39, 0.29) is 24.9 Å². The highest BCUT2D eigenvalue weighted by Gasteiger charge is 2.35. The minimum Gasteiger partial charge on any atom is -0.481 e. The zero-order chi connectivity index (χ0) is 17.7. The Hall–Kier alpha value is -1.84. The Labute approximate surface area is 140 Å². The first-order valence-corrected chi connectivity index (χ1v) is 8.42. The van der Waals surface area contributed by atoms with Crippen LogP contribution in [0.15, 0.2) is 5.38 Å². The second kappa shape index (κ2) is 7.82. The van der Waals surface area contributed by atoms with Gasteiger partial charge in [-0.15, -0.1) is 11.3 Å². The lowest BCUT2D eigenvalue weighted by Crippen LogP contribution is -2.45. The van der Waals surface area contributed by atoms with Crippen LogP contribution in [-0.4, -0.2) is 46.6 Å². The fraction of sp³-hybridized carbons (Fsp3) is 0.643. The van der Waals surface area contributed by atoms with Gasteiger partial charge in [-0.2, -0.15) is 13.2 Å². The molecule has 0 bridgehead atoms. The summed E-state index contributed by atoms with van der Waals surface area (Å²) >= 11 is 0.967. The van der Waals surface area contributed by atoms with Crippen LogP contribution in [0.25, 0.3) is 0 Å². The Morgan fingerprint density at radius 1 is 1.46 bits per heavy atom. The molecule has 2 heterocycles. The molecule has 1 aliphatic rings. The Balaban J connectivity index is 1.88. The normalized spacial score (nSPS) is 18.5. The molecule has 1 saturated heterocycles. The van der Waals surface area contributed by atoms with Crippen LogP contribution in [0.3, 0.4) is 0 Å². The van der Waals surface area contributed by atoms with Gasteiger partial charge in [-0.3, -0.25) is 4.79 Å². The second-order valence-corrected chi connectivity index (χ2v) is 6.47. The molecule has 10 heteroatoms. The topological polar surface area (TPSA) is 82.5 Å². The molecule has 1 fully saturated rings. The van der Waals surface area contributed by atoms with Crippen molar-refractivity contribution in [1.29, 1.82) is 0 Å². The summed E-state index contributed by atoms with van der Waals surface area (Å²) in [6.07, 6.45) is -2.77. The van der Waals surface area contributed by atoms with Crippen LogP contribution in [-0.2, 0) is 11.0 Å². The van der Waals surface area contributed by atoms with Gasteiger partial charge in [0.15, 0.2) is 5.69 Å². The van der Waals surface area contributed by atoms with Crippen molar-refractivity contribution in [3.05, 3.63) is 16.1 Å². The van der Waals surface area contributed by atoms with E-state index in [1.54, 1.807) is 4.90 Å². The summed E-state index contributed by atoms with van der Waals surface area (Å²) in [4.78, 5) is 27.7. The van der Waals surface area contributed by atoms with E-state index in [4.69, 9.17) is 5.11 Å². The molecule has 6 nitrogen and oxygen atoms in total. The number of thiazole rings is 1. The van der Waals surface area contributed by atoms with Gasteiger partial charge in [0.05, 0.1) is 5.01 Å². The summed E-state index contributed by atoms with van der Waals surface area (Å²) in [6, 6.07) is -0.322. The summed E-state index contributed by atoms with van der Waals surface area (Å²) in [7, 11) is 0. The lowest BCUT2D eigenvalue weighted by atomic mass is 9.99. The van der Waals surface area contributed by atoms with E-state index in [9.17, 15) is 22.8 Å². The molecule has 2 amide bonds. The maximum atomic E-state index is 12.6. The van der Waals surface area contributed by atoms with E-state index in [0.29, 0.717) is 37.4 Å². The van der Waals surface area contributed by atoms with Crippen LogP contribution in [0.5, 0.6) is 0 Å². The quantitative estimate of drug-likeness (QED) is 0.786. The van der Waals surface area contributed by atoms with Crippen LogP contribution < -0.4 is 5.32 Å². The average Bonchev–Trinajstić information content (AvgIpc) is 3.01. The molecule has 134 valence electrons. The number of aliphatic carboxylic acids is 1. The minimum absolute atomic E-state index is 0.0256. The Kier molecular flexibility index (Phi) is 6.03. The van der Waals surface area contributed by atoms with Gasteiger partial charge < -0.3 is 15.3 Å². The molecule has 1 aromatic heterocycles. The van der Waals surface area contributed by atoms with Crippen molar-refractivity contribution in [2.75, 3.05) is 19.6 Å². The van der Waals surface area contributed by atoms with Crippen molar-refractivity contribution in [2.24, 2.45) is 0 Å². The van der Waals surface area contributed by atoms with E-state index in [0.717, 1.165) is 16.7 Å². The van der Waals surface area contributed by atoms with Gasteiger partial charge in [0.25, 0.3) is 0 Å². The molecule has 0 aromatic carbocycles. The van der Waals surface area contributed by atoms with E-state index in [1.165, 1.54) is 0 Å². The van der Waals surface area contributed by atoms with Crippen molar-refractivity contribution >= 4 is 23.3 Å². The first kappa shape index (κ1) is 18.5. The van der Waals surface area contributed by atoms with Crippen LogP contribution in [0, 0.1) is 0 Å². The molecule has 0 spiro atoms. The maximum absolute atomic E-state index is 12.6. The van der Waals surface area contributed by atoms with Crippen LogP contribution in [0.4, 0.5) is 18.0 Å². The smallest absolute Gasteiger partial charge is 0.434 e. The molecule has 2 N–H and O–H groups in total. The number of carboxylic acids is 1. The monoisotopic (exact) mass is 365 g/mol. The molecule has 0 radical (unpaired) electrons. The first-order valence-electron chi connectivity index (χ1n) is 7.54. The lowest BCUT2D eigenvalue weighted by molar-refractivity contribution is -0.141. The number of amides is 2. The third-order valence-corrected chi connectivity index (χ3v) is 4.72. The molecule has 1 atom stereocenters. The van der Waals surface area contributed by atoms with E-state index in [1.807, 2.05) is 0 Å². The zero-order valence-corrected chi connectivity index (χ0v) is 13.6. The molecule has 1 aromatic rings. The van der Waals surface area contributed by atoms with Crippen molar-refractivity contribution in [3.8, 4) is 0 Å². The highest BCUT2D eigenvalue weighted by Crippen LogP contribution is 2.34. The minimum atomic E-state index is -4.45. The Bertz CT molecular complexity index is 591. The van der Waals surface area contributed by atoms with Gasteiger partial charge in [0, 0.05) is 37.4 Å². The summed E-state index contributed by atoms with van der Waals surface area (Å²) in [6.45, 7) is 1.09. The number of piperidine rings is 1. The predicted molar refractivity (Wildman–Crippen MR) is 80.9 cm³/mol. The standard InChI is InChI=1S/C14H18F3N3O3S/c15-14(16,17)10-8-24-12(19-10)9-3-2-6-20(7-9)13(23)18-5-1-4-11(21)22/h8-9H,1-7H2,(H,18,23)(H,21,22). The third kappa shape index (κ3) is 5.08. The third-order valence-electron chi connectivity index (χ3n) is 3.71. The van der Waals surface area contributed by atoms with E-state index in [2.05, 4.69) is 10.3 Å². The number of nitrogens with zero attached hydrogens (tertiary/aromatic N) is 2. The van der Waals surface area contributed by atoms with Gasteiger partial charge >= 0.3 is 18.2 Å². The van der Waals surface area contributed by atoms with Crippen molar-refractivity contribution < 1.29 is 27.9 Å². The molecule has 0 aliphatic carbocycles. The SMILES string of the molecule is O=C(O)CCCNC(=O)N1CCCC(c2nc(C(F)(F)F)cs2)C1. The number of hydrogen-bond acceptors (Lipinski definition) is 4. The molecular weight excluding hydrogens is 347 g/mol. The van der Waals surface area contributed by atoms with Crippen LogP contribution >= 0.6 is 11.3 Å². The number of carbonyl (C=O) groups excluding carboxylic acids is 1. The highest BCUT2D eigenvalue weighted by atomic mass is 32.1. The molecule has 24 heavy (non-hydrogen) atoms. The number of hydrogen-bond donors (Lipinski definition) is 2. The van der Waals surface area contributed by atoms with Gasteiger partial charge in [-0.1, -0.05) is 0 Å². The van der Waals surface area contributed by atoms with Gasteiger partial charge in [0.2, 0.25) is 0 Å². The van der Waals surface area contributed by atoms with Gasteiger partial charge in [-0.05, 0) is 19.3 Å². The summed E-state index contributed by atoms with van der Waals surface area (Å²) in [5.74, 6) is -1.13. The largest absolute Gasteiger partial charge is 0.481 e. The van der Waals surface area contributed by atoms with Crippen LogP contribution in [0.2, 0.25) is 0 Å². The number of nitrogens with one attached hydrogen (secondary N) is 1. The Morgan fingerprint density at radius 3 is 2.83 bits per heavy atom. The molecular formula is C14H18F3N3O3S. The number of likely N-dealkylation sites (tertiary alicyclic amines) is 1. The average molecular weight is 365 g/mol. The van der Waals surface area contributed by atoms with Gasteiger partial charge in [0.1, 0.15) is 0 Å². The second-order valence-electron chi connectivity index (χ2n) is 5.58. The number of alkyl halides is 3. The number of aromatic nitrogens is 1. The predicted octanol–water partition coefficient (Wildman–Crippen LogP) is 2.92. The van der Waals surface area contributed by atoms with Crippen molar-refractivity contribution in [2.45, 2.75) is 37.8 Å². The fourth-order valence-electron chi connectivity index (χ4n) is 2.52. The zero-order valence-electron chi connectivity index (χ0n) is 12.8. The molecule has 0 saturated carbocycles. The number of carbonyl (C=O) groups is 2. The van der Waals surface area contributed by atoms with Gasteiger partial charge in [-0.25, -0.2) is 9.78 Å². The van der Waals surface area contributed by atoms with Crippen molar-refractivity contribution in [1.82, 2.24) is 15.2 Å². The summed E-state index contributed by atoms with van der Waals surface area (Å²) in [5, 5.41) is 12.6. The highest BCUT2D eigenvalue weighted by molar-refractivity contribution is 7.09. The van der Waals surface area contributed by atoms with E-state index >= 15 is 0 Å². The summed E-state index contributed by atoms with van der Waals surface area (Å²) in [5.41, 5.74) is -0.891. The maximum Gasteiger partial charge on any atom is 0.434 e. The van der Waals surface area contributed by atoms with E-state index < -0.39 is 17.8 Å². The van der Waals surface area contributed by atoms with Crippen LogP contribution in [0.1, 0.15) is 42.3 Å². The number of urea groups is 1. The Morgan fingerprint density at radius 2 is 2.21 bits per heavy atom. The molecule has 2 rings (SSSR count). The van der Waals surface area contributed by atoms with Crippen molar-refractivity contribution in [3.63, 3.8) is 0 Å². The fourth-order valence-corrected chi connectivity index (χ4v) is 3.47. The number of carboxylic acid groups (broad SMARTS) is 1. The summed E-state index contributed by atoms with van der Waals surface area (Å²) < 4.78 is 37.9. The molecule has 1 aliphatic heterocycles. The lowest BCUT2D eigenvalue weighted by Gasteiger charge is -2.31. The number of rotatable bonds is 5. The molecule has 1 unspecified atom stereocenters. The number of halogens is 3.